The van der Waals surface area contributed by atoms with E-state index in [-0.39, 0.29) is 0 Å². The van der Waals surface area contributed by atoms with Crippen molar-refractivity contribution in [3.8, 4) is 5.75 Å². The van der Waals surface area contributed by atoms with Crippen LogP contribution < -0.4 is 0 Å². The number of hydrogen-bond acceptors (Lipinski definition) is 2. The second-order valence-corrected chi connectivity index (χ2v) is 5.29. The number of hydrogen-bond donors (Lipinski definition) is 1. The van der Waals surface area contributed by atoms with E-state index in [2.05, 4.69) is 17.9 Å². The number of rotatable bonds is 1. The third-order valence-corrected chi connectivity index (χ3v) is 4.11. The van der Waals surface area contributed by atoms with Gasteiger partial charge in [-0.05, 0) is 48.9 Å². The first-order valence-electron chi connectivity index (χ1n) is 6.30. The largest absolute Gasteiger partial charge is 0.508 e. The molecule has 0 aromatic heterocycles. The lowest BCUT2D eigenvalue weighted by atomic mass is 10.1. The number of fused-ring (bicyclic) bond motifs is 1. The zero-order chi connectivity index (χ0) is 11.1. The van der Waals surface area contributed by atoms with Gasteiger partial charge in [-0.3, -0.25) is 4.90 Å². The van der Waals surface area contributed by atoms with Crippen LogP contribution in [0.15, 0.2) is 18.2 Å². The Morgan fingerprint density at radius 3 is 2.94 bits per heavy atom. The second kappa shape index (κ2) is 3.77. The highest BCUT2D eigenvalue weighted by Crippen LogP contribution is 2.41. The topological polar surface area (TPSA) is 23.5 Å². The first-order valence-corrected chi connectivity index (χ1v) is 6.30. The fourth-order valence-electron chi connectivity index (χ4n) is 3.24. The van der Waals surface area contributed by atoms with Crippen LogP contribution in [0.1, 0.15) is 36.9 Å². The normalized spacial score (nSPS) is 29.6. The number of phenols is 1. The third-order valence-electron chi connectivity index (χ3n) is 4.11. The van der Waals surface area contributed by atoms with Gasteiger partial charge in [0.15, 0.2) is 0 Å². The van der Waals surface area contributed by atoms with Gasteiger partial charge in [-0.25, -0.2) is 0 Å². The zero-order valence-electron chi connectivity index (χ0n) is 9.82. The molecule has 1 saturated heterocycles. The summed E-state index contributed by atoms with van der Waals surface area (Å²) in [5.74, 6) is 1.33. The highest BCUT2D eigenvalue weighted by molar-refractivity contribution is 5.44. The van der Waals surface area contributed by atoms with Crippen molar-refractivity contribution in [1.29, 1.82) is 0 Å². The molecule has 2 atom stereocenters. The molecule has 0 amide bonds. The Hall–Kier alpha value is -1.02. The summed E-state index contributed by atoms with van der Waals surface area (Å²) >= 11 is 0. The summed E-state index contributed by atoms with van der Waals surface area (Å²) in [6.45, 7) is 4.78. The van der Waals surface area contributed by atoms with Crippen LogP contribution in [0.4, 0.5) is 0 Å². The molecule has 0 radical (unpaired) electrons. The molecule has 1 aliphatic heterocycles. The molecule has 0 bridgehead atoms. The molecule has 3 rings (SSSR count). The van der Waals surface area contributed by atoms with E-state index < -0.39 is 0 Å². The Morgan fingerprint density at radius 2 is 2.19 bits per heavy atom. The van der Waals surface area contributed by atoms with Gasteiger partial charge in [0.05, 0.1) is 0 Å². The van der Waals surface area contributed by atoms with Crippen LogP contribution >= 0.6 is 0 Å². The molecule has 0 spiro atoms. The van der Waals surface area contributed by atoms with Crippen molar-refractivity contribution in [3.05, 3.63) is 29.3 Å². The van der Waals surface area contributed by atoms with Crippen molar-refractivity contribution in [3.63, 3.8) is 0 Å². The highest BCUT2D eigenvalue weighted by Gasteiger charge is 2.32. The van der Waals surface area contributed by atoms with E-state index in [4.69, 9.17) is 0 Å². The first-order chi connectivity index (χ1) is 7.75. The molecule has 1 aliphatic carbocycles. The van der Waals surface area contributed by atoms with Crippen LogP contribution in [-0.2, 0) is 6.42 Å². The predicted molar refractivity (Wildman–Crippen MR) is 64.5 cm³/mol. The van der Waals surface area contributed by atoms with Gasteiger partial charge in [0, 0.05) is 12.6 Å². The molecule has 2 aliphatic rings. The monoisotopic (exact) mass is 217 g/mol. The van der Waals surface area contributed by atoms with Crippen molar-refractivity contribution in [2.45, 2.75) is 32.2 Å². The van der Waals surface area contributed by atoms with Gasteiger partial charge in [-0.1, -0.05) is 19.1 Å². The summed E-state index contributed by atoms with van der Waals surface area (Å²) in [6.07, 6.45) is 3.54. The fraction of sp³-hybridized carbons (Fsp3) is 0.571. The van der Waals surface area contributed by atoms with Crippen LogP contribution in [0.5, 0.6) is 5.75 Å². The maximum atomic E-state index is 9.83. The molecule has 1 N–H and O–H groups in total. The minimum Gasteiger partial charge on any atom is -0.508 e. The molecule has 16 heavy (non-hydrogen) atoms. The van der Waals surface area contributed by atoms with E-state index in [1.807, 2.05) is 12.1 Å². The van der Waals surface area contributed by atoms with Gasteiger partial charge < -0.3 is 5.11 Å². The van der Waals surface area contributed by atoms with Crippen LogP contribution in [0, 0.1) is 5.92 Å². The quantitative estimate of drug-likeness (QED) is 0.782. The van der Waals surface area contributed by atoms with Gasteiger partial charge >= 0.3 is 0 Å². The molecule has 1 heterocycles. The molecule has 0 saturated carbocycles. The summed E-state index contributed by atoms with van der Waals surface area (Å²) in [7, 11) is 0. The standard InChI is InChI=1S/C14H19NO/c1-10-7-8-15(9-10)13-6-5-12-11(13)3-2-4-14(12)16/h2-4,10,13,16H,5-9H2,1H3. The zero-order valence-corrected chi connectivity index (χ0v) is 9.82. The molecule has 1 aromatic rings. The maximum Gasteiger partial charge on any atom is 0.119 e. The number of aromatic hydroxyl groups is 1. The Bertz CT molecular complexity index is 402. The lowest BCUT2D eigenvalue weighted by Crippen LogP contribution is -2.24. The van der Waals surface area contributed by atoms with Crippen LogP contribution in [0.3, 0.4) is 0 Å². The number of phenolic OH excluding ortho intramolecular Hbond substituents is 1. The SMILES string of the molecule is CC1CCN(C2CCc3c(O)cccc32)C1. The van der Waals surface area contributed by atoms with Crippen molar-refractivity contribution in [1.82, 2.24) is 4.90 Å². The van der Waals surface area contributed by atoms with Gasteiger partial charge in [0.2, 0.25) is 0 Å². The Balaban J connectivity index is 1.89. The molecule has 2 nitrogen and oxygen atoms in total. The molecule has 1 fully saturated rings. The average Bonchev–Trinajstić information content (AvgIpc) is 2.84. The number of nitrogens with zero attached hydrogens (tertiary/aromatic N) is 1. The minimum atomic E-state index is 0.493. The number of benzene rings is 1. The summed E-state index contributed by atoms with van der Waals surface area (Å²) in [5.41, 5.74) is 2.56. The molecule has 86 valence electrons. The Morgan fingerprint density at radius 1 is 1.31 bits per heavy atom. The average molecular weight is 217 g/mol. The Labute approximate surface area is 96.9 Å². The van der Waals surface area contributed by atoms with Crippen molar-refractivity contribution in [2.24, 2.45) is 5.92 Å². The second-order valence-electron chi connectivity index (χ2n) is 5.29. The van der Waals surface area contributed by atoms with E-state index in [0.29, 0.717) is 11.8 Å². The fourth-order valence-corrected chi connectivity index (χ4v) is 3.24. The summed E-state index contributed by atoms with van der Waals surface area (Å²) in [6, 6.07) is 6.54. The van der Waals surface area contributed by atoms with Crippen molar-refractivity contribution < 1.29 is 5.11 Å². The first kappa shape index (κ1) is 10.2. The molecular weight excluding hydrogens is 198 g/mol. The van der Waals surface area contributed by atoms with Gasteiger partial charge in [0.1, 0.15) is 5.75 Å². The van der Waals surface area contributed by atoms with Crippen molar-refractivity contribution >= 4 is 0 Å². The van der Waals surface area contributed by atoms with E-state index in [1.165, 1.54) is 37.1 Å². The van der Waals surface area contributed by atoms with Crippen LogP contribution in [-0.4, -0.2) is 23.1 Å². The summed E-state index contributed by atoms with van der Waals surface area (Å²) in [4.78, 5) is 2.59. The molecule has 2 heteroatoms. The smallest absolute Gasteiger partial charge is 0.119 e. The van der Waals surface area contributed by atoms with Gasteiger partial charge in [-0.15, -0.1) is 0 Å². The third kappa shape index (κ3) is 1.52. The van der Waals surface area contributed by atoms with Gasteiger partial charge in [0.25, 0.3) is 0 Å². The van der Waals surface area contributed by atoms with E-state index in [1.54, 1.807) is 0 Å². The lowest BCUT2D eigenvalue weighted by molar-refractivity contribution is 0.238. The molecule has 1 aromatic carbocycles. The lowest BCUT2D eigenvalue weighted by Gasteiger charge is -2.24. The highest BCUT2D eigenvalue weighted by atomic mass is 16.3. The number of likely N-dealkylation sites (tertiary alicyclic amines) is 1. The maximum absolute atomic E-state index is 9.83. The predicted octanol–water partition coefficient (Wildman–Crippen LogP) is 2.72. The Kier molecular flexibility index (Phi) is 2.40. The van der Waals surface area contributed by atoms with Crippen LogP contribution in [0.25, 0.3) is 0 Å². The van der Waals surface area contributed by atoms with E-state index >= 15 is 0 Å². The minimum absolute atomic E-state index is 0.493. The van der Waals surface area contributed by atoms with Gasteiger partial charge in [-0.2, -0.15) is 0 Å². The van der Waals surface area contributed by atoms with Crippen LogP contribution in [0.2, 0.25) is 0 Å². The van der Waals surface area contributed by atoms with E-state index in [9.17, 15) is 5.11 Å². The summed E-state index contributed by atoms with van der Waals surface area (Å²) in [5, 5.41) is 9.83. The molecule has 2 unspecified atom stereocenters. The van der Waals surface area contributed by atoms with E-state index in [0.717, 1.165) is 12.3 Å². The molecular formula is C14H19NO. The van der Waals surface area contributed by atoms with Crippen molar-refractivity contribution in [2.75, 3.05) is 13.1 Å². The summed E-state index contributed by atoms with van der Waals surface area (Å²) < 4.78 is 0.